The van der Waals surface area contributed by atoms with Crippen LogP contribution in [0.3, 0.4) is 0 Å². The first-order chi connectivity index (χ1) is 11.2. The zero-order valence-electron chi connectivity index (χ0n) is 15.0. The molecule has 0 fully saturated rings. The molecule has 0 unspecified atom stereocenters. The molecule has 0 saturated heterocycles. The van der Waals surface area contributed by atoms with Gasteiger partial charge in [-0.1, -0.05) is 31.5 Å². The van der Waals surface area contributed by atoms with E-state index < -0.39 is 0 Å². The van der Waals surface area contributed by atoms with Gasteiger partial charge in [0.1, 0.15) is 0 Å². The number of aliphatic imine (C=N–C) groups is 1. The van der Waals surface area contributed by atoms with Crippen molar-refractivity contribution in [2.45, 2.75) is 40.2 Å². The lowest BCUT2D eigenvalue weighted by Gasteiger charge is -2.12. The Balaban J connectivity index is 0.00000288. The Kier molecular flexibility index (Phi) is 8.81. The molecule has 1 heterocycles. The van der Waals surface area contributed by atoms with Crippen LogP contribution in [0.2, 0.25) is 0 Å². The minimum atomic E-state index is 0. The van der Waals surface area contributed by atoms with Crippen LogP contribution in [-0.2, 0) is 6.54 Å². The van der Waals surface area contributed by atoms with Crippen molar-refractivity contribution in [3.05, 3.63) is 47.3 Å². The van der Waals surface area contributed by atoms with Crippen molar-refractivity contribution < 1.29 is 0 Å². The van der Waals surface area contributed by atoms with E-state index in [1.165, 1.54) is 12.0 Å². The molecule has 0 bridgehead atoms. The SMILES string of the molecule is CCCCNC(=NC)NCc1c(C)nn(-c2ccccc2)c1C.I. The summed E-state index contributed by atoms with van der Waals surface area (Å²) in [4.78, 5) is 4.27. The zero-order valence-corrected chi connectivity index (χ0v) is 17.3. The molecule has 0 aliphatic carbocycles. The number of nitrogens with one attached hydrogen (secondary N) is 2. The number of guanidine groups is 1. The minimum absolute atomic E-state index is 0. The van der Waals surface area contributed by atoms with Gasteiger partial charge in [0, 0.05) is 31.4 Å². The van der Waals surface area contributed by atoms with E-state index in [0.717, 1.165) is 42.5 Å². The Morgan fingerprint density at radius 1 is 1.17 bits per heavy atom. The first-order valence-corrected chi connectivity index (χ1v) is 8.22. The highest BCUT2D eigenvalue weighted by molar-refractivity contribution is 14.0. The van der Waals surface area contributed by atoms with E-state index in [1.54, 1.807) is 7.05 Å². The molecule has 0 saturated carbocycles. The molecule has 132 valence electrons. The Morgan fingerprint density at radius 3 is 2.50 bits per heavy atom. The summed E-state index contributed by atoms with van der Waals surface area (Å²) in [5, 5.41) is 11.4. The van der Waals surface area contributed by atoms with Crippen molar-refractivity contribution >= 4 is 29.9 Å². The maximum absolute atomic E-state index is 4.68. The van der Waals surface area contributed by atoms with Crippen LogP contribution in [0.4, 0.5) is 0 Å². The molecule has 0 aliphatic heterocycles. The summed E-state index contributed by atoms with van der Waals surface area (Å²) in [7, 11) is 1.80. The third-order valence-electron chi connectivity index (χ3n) is 3.92. The van der Waals surface area contributed by atoms with E-state index >= 15 is 0 Å². The van der Waals surface area contributed by atoms with E-state index in [2.05, 4.69) is 53.6 Å². The van der Waals surface area contributed by atoms with E-state index in [9.17, 15) is 0 Å². The third kappa shape index (κ3) is 5.22. The molecular weight excluding hydrogens is 413 g/mol. The van der Waals surface area contributed by atoms with E-state index in [1.807, 2.05) is 22.9 Å². The lowest BCUT2D eigenvalue weighted by molar-refractivity contribution is 0.727. The van der Waals surface area contributed by atoms with Gasteiger partial charge < -0.3 is 10.6 Å². The van der Waals surface area contributed by atoms with Gasteiger partial charge in [-0.05, 0) is 32.4 Å². The molecule has 1 aromatic heterocycles. The monoisotopic (exact) mass is 441 g/mol. The summed E-state index contributed by atoms with van der Waals surface area (Å²) in [6.07, 6.45) is 2.32. The molecule has 0 spiro atoms. The highest BCUT2D eigenvalue weighted by Gasteiger charge is 2.12. The molecule has 2 aromatic rings. The highest BCUT2D eigenvalue weighted by atomic mass is 127. The van der Waals surface area contributed by atoms with Crippen LogP contribution in [0.5, 0.6) is 0 Å². The fraction of sp³-hybridized carbons (Fsp3) is 0.444. The molecule has 24 heavy (non-hydrogen) atoms. The number of nitrogens with zero attached hydrogens (tertiary/aromatic N) is 3. The molecular formula is C18H28IN5. The first kappa shape index (κ1) is 20.5. The number of unbranched alkanes of at least 4 members (excludes halogenated alkanes) is 1. The quantitative estimate of drug-likeness (QED) is 0.312. The Morgan fingerprint density at radius 2 is 1.88 bits per heavy atom. The Bertz CT molecular complexity index is 649. The number of halogens is 1. The average Bonchev–Trinajstić information content (AvgIpc) is 2.86. The van der Waals surface area contributed by atoms with Gasteiger partial charge in [-0.15, -0.1) is 24.0 Å². The van der Waals surface area contributed by atoms with Gasteiger partial charge in [0.25, 0.3) is 0 Å². The van der Waals surface area contributed by atoms with E-state index in [4.69, 9.17) is 0 Å². The predicted molar refractivity (Wildman–Crippen MR) is 112 cm³/mol. The standard InChI is InChI=1S/C18H27N5.HI/c1-5-6-12-20-18(19-4)21-13-17-14(2)22-23(15(17)3)16-10-8-7-9-11-16;/h7-11H,5-6,12-13H2,1-4H3,(H2,19,20,21);1H. The van der Waals surface area contributed by atoms with Crippen molar-refractivity contribution in [2.75, 3.05) is 13.6 Å². The number of aromatic nitrogens is 2. The van der Waals surface area contributed by atoms with E-state index in [0.29, 0.717) is 0 Å². The number of hydrogen-bond acceptors (Lipinski definition) is 2. The van der Waals surface area contributed by atoms with Crippen molar-refractivity contribution in [1.82, 2.24) is 20.4 Å². The molecule has 0 amide bonds. The van der Waals surface area contributed by atoms with Crippen LogP contribution in [-0.4, -0.2) is 29.3 Å². The van der Waals surface area contributed by atoms with Gasteiger partial charge in [0.2, 0.25) is 0 Å². The lowest BCUT2D eigenvalue weighted by atomic mass is 10.2. The number of benzene rings is 1. The smallest absolute Gasteiger partial charge is 0.191 e. The van der Waals surface area contributed by atoms with Gasteiger partial charge in [-0.3, -0.25) is 4.99 Å². The minimum Gasteiger partial charge on any atom is -0.356 e. The summed E-state index contributed by atoms with van der Waals surface area (Å²) in [6.45, 7) is 8.00. The van der Waals surface area contributed by atoms with Crippen LogP contribution < -0.4 is 10.6 Å². The summed E-state index contributed by atoms with van der Waals surface area (Å²) in [5.74, 6) is 0.838. The largest absolute Gasteiger partial charge is 0.356 e. The van der Waals surface area contributed by atoms with Crippen LogP contribution in [0, 0.1) is 13.8 Å². The second-order valence-corrected chi connectivity index (χ2v) is 5.60. The Hall–Kier alpha value is -1.57. The molecule has 0 radical (unpaired) electrons. The highest BCUT2D eigenvalue weighted by Crippen LogP contribution is 2.17. The van der Waals surface area contributed by atoms with Crippen molar-refractivity contribution in [2.24, 2.45) is 4.99 Å². The second-order valence-electron chi connectivity index (χ2n) is 5.60. The predicted octanol–water partition coefficient (Wildman–Crippen LogP) is 3.57. The molecule has 2 rings (SSSR count). The topological polar surface area (TPSA) is 54.2 Å². The molecule has 0 aliphatic rings. The molecule has 0 atom stereocenters. The second kappa shape index (κ2) is 10.3. The lowest BCUT2D eigenvalue weighted by Crippen LogP contribution is -2.37. The number of aryl methyl sites for hydroxylation is 1. The average molecular weight is 441 g/mol. The summed E-state index contributed by atoms with van der Waals surface area (Å²) < 4.78 is 2.00. The number of rotatable bonds is 6. The maximum atomic E-state index is 4.68. The number of hydrogen-bond donors (Lipinski definition) is 2. The fourth-order valence-corrected chi connectivity index (χ4v) is 2.53. The van der Waals surface area contributed by atoms with Crippen LogP contribution in [0.25, 0.3) is 5.69 Å². The van der Waals surface area contributed by atoms with Crippen molar-refractivity contribution in [1.29, 1.82) is 0 Å². The molecule has 5 nitrogen and oxygen atoms in total. The van der Waals surface area contributed by atoms with Crippen LogP contribution >= 0.6 is 24.0 Å². The van der Waals surface area contributed by atoms with Gasteiger partial charge in [-0.2, -0.15) is 5.10 Å². The van der Waals surface area contributed by atoms with Gasteiger partial charge in [0.15, 0.2) is 5.96 Å². The zero-order chi connectivity index (χ0) is 16.7. The van der Waals surface area contributed by atoms with Gasteiger partial charge in [0.05, 0.1) is 11.4 Å². The fourth-order valence-electron chi connectivity index (χ4n) is 2.53. The van der Waals surface area contributed by atoms with E-state index in [-0.39, 0.29) is 24.0 Å². The molecule has 2 N–H and O–H groups in total. The maximum Gasteiger partial charge on any atom is 0.191 e. The van der Waals surface area contributed by atoms with Crippen molar-refractivity contribution in [3.8, 4) is 5.69 Å². The van der Waals surface area contributed by atoms with Gasteiger partial charge in [-0.25, -0.2) is 4.68 Å². The molecule has 1 aromatic carbocycles. The summed E-state index contributed by atoms with van der Waals surface area (Å²) >= 11 is 0. The van der Waals surface area contributed by atoms with Crippen molar-refractivity contribution in [3.63, 3.8) is 0 Å². The first-order valence-electron chi connectivity index (χ1n) is 8.22. The van der Waals surface area contributed by atoms with Crippen LogP contribution in [0.15, 0.2) is 35.3 Å². The third-order valence-corrected chi connectivity index (χ3v) is 3.92. The number of para-hydroxylation sites is 1. The van der Waals surface area contributed by atoms with Crippen LogP contribution in [0.1, 0.15) is 36.7 Å². The summed E-state index contributed by atoms with van der Waals surface area (Å²) in [5.41, 5.74) is 4.50. The normalized spacial score (nSPS) is 11.1. The van der Waals surface area contributed by atoms with Gasteiger partial charge >= 0.3 is 0 Å². The summed E-state index contributed by atoms with van der Waals surface area (Å²) in [6, 6.07) is 10.2. The molecule has 6 heteroatoms. The Labute approximate surface area is 162 Å².